The average Bonchev–Trinajstić information content (AvgIpc) is 3.45. The minimum atomic E-state index is -0.417. The van der Waals surface area contributed by atoms with Gasteiger partial charge in [0.25, 0.3) is 5.89 Å². The van der Waals surface area contributed by atoms with Crippen molar-refractivity contribution >= 4 is 5.95 Å². The van der Waals surface area contributed by atoms with Crippen LogP contribution >= 0.6 is 0 Å². The molecule has 168 valence electrons. The van der Waals surface area contributed by atoms with E-state index in [1.807, 2.05) is 19.3 Å². The van der Waals surface area contributed by atoms with Crippen molar-refractivity contribution in [1.29, 1.82) is 0 Å². The van der Waals surface area contributed by atoms with Gasteiger partial charge in [-0.3, -0.25) is 0 Å². The van der Waals surface area contributed by atoms with Gasteiger partial charge in [-0.2, -0.15) is 0 Å². The Morgan fingerprint density at radius 3 is 2.62 bits per heavy atom. The highest BCUT2D eigenvalue weighted by Gasteiger charge is 2.43. The molecule has 5 rings (SSSR count). The molecule has 2 atom stereocenters. The molecule has 0 unspecified atom stereocenters. The Kier molecular flexibility index (Phi) is 5.76. The molecule has 1 aromatic carbocycles. The summed E-state index contributed by atoms with van der Waals surface area (Å²) in [4.78, 5) is 11.2. The van der Waals surface area contributed by atoms with Crippen molar-refractivity contribution in [3.8, 4) is 17.2 Å². The zero-order chi connectivity index (χ0) is 22.1. The number of nitrogens with zero attached hydrogens (tertiary/aromatic N) is 5. The average molecular weight is 438 g/mol. The first kappa shape index (κ1) is 20.8. The number of ether oxygens (including phenoxy) is 1. The quantitative estimate of drug-likeness (QED) is 0.534. The second kappa shape index (κ2) is 8.84. The van der Waals surface area contributed by atoms with Crippen LogP contribution in [-0.2, 0) is 0 Å². The van der Waals surface area contributed by atoms with E-state index in [9.17, 15) is 4.39 Å². The fourth-order valence-corrected chi connectivity index (χ4v) is 4.81. The number of anilines is 1. The molecular formula is C24H28FN5O2. The molecule has 2 fully saturated rings. The molecule has 1 aliphatic carbocycles. The summed E-state index contributed by atoms with van der Waals surface area (Å²) in [5.74, 6) is 3.65. The molecule has 3 aromatic rings. The molecule has 32 heavy (non-hydrogen) atoms. The summed E-state index contributed by atoms with van der Waals surface area (Å²) in [5, 5.41) is 7.75. The molecule has 2 aromatic heterocycles. The number of benzene rings is 1. The van der Waals surface area contributed by atoms with Crippen molar-refractivity contribution in [3.05, 3.63) is 47.9 Å². The first-order valence-corrected chi connectivity index (χ1v) is 11.3. The smallest absolute Gasteiger partial charge is 0.254 e. The highest BCUT2D eigenvalue weighted by atomic mass is 19.1. The lowest BCUT2D eigenvalue weighted by Crippen LogP contribution is -2.35. The minimum Gasteiger partial charge on any atom is -0.493 e. The van der Waals surface area contributed by atoms with Crippen molar-refractivity contribution in [2.24, 2.45) is 17.8 Å². The van der Waals surface area contributed by atoms with Crippen LogP contribution in [0.25, 0.3) is 11.5 Å². The van der Waals surface area contributed by atoms with Gasteiger partial charge < -0.3 is 14.1 Å². The molecule has 2 aliphatic rings. The number of aromatic nitrogens is 4. The van der Waals surface area contributed by atoms with Gasteiger partial charge in [0.1, 0.15) is 17.1 Å². The maximum absolute atomic E-state index is 14.4. The highest BCUT2D eigenvalue weighted by molar-refractivity contribution is 5.63. The second-order valence-corrected chi connectivity index (χ2v) is 8.92. The third-order valence-electron chi connectivity index (χ3n) is 6.63. The largest absolute Gasteiger partial charge is 0.493 e. The van der Waals surface area contributed by atoms with E-state index in [2.05, 4.69) is 25.1 Å². The Morgan fingerprint density at radius 2 is 1.91 bits per heavy atom. The van der Waals surface area contributed by atoms with E-state index in [0.29, 0.717) is 24.2 Å². The lowest BCUT2D eigenvalue weighted by molar-refractivity contribution is 0.283. The first-order chi connectivity index (χ1) is 15.6. The number of halogens is 1. The van der Waals surface area contributed by atoms with Gasteiger partial charge in [0.15, 0.2) is 0 Å². The standard InChI is InChI=1S/C24H28FN5O2/c1-15-13-26-24(27-14-15)30-9-6-17(7-10-30)19-12-18(19)8-11-31-21-5-3-4-20(25)22(21)23-29-28-16(2)32-23/h3-5,13-14,17-19H,6-12H2,1-2H3/t18-,19-/m0/s1. The van der Waals surface area contributed by atoms with Gasteiger partial charge in [0, 0.05) is 32.4 Å². The summed E-state index contributed by atoms with van der Waals surface area (Å²) in [6.45, 7) is 6.28. The van der Waals surface area contributed by atoms with Crippen LogP contribution < -0.4 is 9.64 Å². The van der Waals surface area contributed by atoms with Crippen molar-refractivity contribution in [2.75, 3.05) is 24.6 Å². The highest BCUT2D eigenvalue weighted by Crippen LogP contribution is 2.50. The summed E-state index contributed by atoms with van der Waals surface area (Å²) >= 11 is 0. The van der Waals surface area contributed by atoms with Crippen LogP contribution in [0.4, 0.5) is 10.3 Å². The molecule has 1 saturated heterocycles. The second-order valence-electron chi connectivity index (χ2n) is 8.92. The first-order valence-electron chi connectivity index (χ1n) is 11.3. The Balaban J connectivity index is 1.11. The Morgan fingerprint density at radius 1 is 1.12 bits per heavy atom. The van der Waals surface area contributed by atoms with Crippen molar-refractivity contribution in [1.82, 2.24) is 20.2 Å². The zero-order valence-electron chi connectivity index (χ0n) is 18.5. The predicted octanol–water partition coefficient (Wildman–Crippen LogP) is 4.60. The molecule has 1 saturated carbocycles. The van der Waals surface area contributed by atoms with Crippen LogP contribution in [0.1, 0.15) is 37.1 Å². The van der Waals surface area contributed by atoms with E-state index in [4.69, 9.17) is 9.15 Å². The normalized spacial score (nSPS) is 21.0. The molecule has 1 aliphatic heterocycles. The number of piperidine rings is 1. The molecule has 7 nitrogen and oxygen atoms in total. The van der Waals surface area contributed by atoms with Crippen LogP contribution in [0.5, 0.6) is 5.75 Å². The van der Waals surface area contributed by atoms with E-state index in [1.54, 1.807) is 19.1 Å². The molecule has 0 radical (unpaired) electrons. The van der Waals surface area contributed by atoms with Crippen molar-refractivity contribution < 1.29 is 13.5 Å². The van der Waals surface area contributed by atoms with Crippen molar-refractivity contribution in [3.63, 3.8) is 0 Å². The van der Waals surface area contributed by atoms with Crippen LogP contribution in [0.3, 0.4) is 0 Å². The monoisotopic (exact) mass is 437 g/mol. The molecular weight excluding hydrogens is 409 g/mol. The van der Waals surface area contributed by atoms with E-state index in [1.165, 1.54) is 25.3 Å². The van der Waals surface area contributed by atoms with E-state index in [-0.39, 0.29) is 11.5 Å². The summed E-state index contributed by atoms with van der Waals surface area (Å²) in [6.07, 6.45) is 8.37. The summed E-state index contributed by atoms with van der Waals surface area (Å²) < 4.78 is 25.8. The maximum Gasteiger partial charge on any atom is 0.254 e. The molecule has 3 heterocycles. The summed E-state index contributed by atoms with van der Waals surface area (Å²) in [5.41, 5.74) is 1.33. The van der Waals surface area contributed by atoms with E-state index in [0.717, 1.165) is 42.9 Å². The third kappa shape index (κ3) is 4.45. The fourth-order valence-electron chi connectivity index (χ4n) is 4.81. The molecule has 0 amide bonds. The summed E-state index contributed by atoms with van der Waals surface area (Å²) in [6, 6.07) is 4.78. The van der Waals surface area contributed by atoms with Crippen LogP contribution in [-0.4, -0.2) is 39.9 Å². The third-order valence-corrected chi connectivity index (χ3v) is 6.63. The van der Waals surface area contributed by atoms with Crippen LogP contribution in [0.15, 0.2) is 35.0 Å². The van der Waals surface area contributed by atoms with Gasteiger partial charge in [-0.15, -0.1) is 10.2 Å². The maximum atomic E-state index is 14.4. The van der Waals surface area contributed by atoms with E-state index >= 15 is 0 Å². The number of hydrogen-bond donors (Lipinski definition) is 0. The minimum absolute atomic E-state index is 0.157. The molecule has 0 N–H and O–H groups in total. The van der Waals surface area contributed by atoms with Crippen LogP contribution in [0.2, 0.25) is 0 Å². The van der Waals surface area contributed by atoms with E-state index < -0.39 is 5.82 Å². The SMILES string of the molecule is Cc1cnc(N2CCC([C@@H]3C[C@@H]3CCOc3cccc(F)c3-c3nnc(C)o3)CC2)nc1. The number of aryl methyl sites for hydroxylation is 2. The Labute approximate surface area is 187 Å². The summed E-state index contributed by atoms with van der Waals surface area (Å²) in [7, 11) is 0. The lowest BCUT2D eigenvalue weighted by atomic mass is 9.90. The van der Waals surface area contributed by atoms with Gasteiger partial charge >= 0.3 is 0 Å². The van der Waals surface area contributed by atoms with Gasteiger partial charge in [-0.1, -0.05) is 6.07 Å². The van der Waals surface area contributed by atoms with Crippen molar-refractivity contribution in [2.45, 2.75) is 39.5 Å². The lowest BCUT2D eigenvalue weighted by Gasteiger charge is -2.32. The predicted molar refractivity (Wildman–Crippen MR) is 118 cm³/mol. The van der Waals surface area contributed by atoms with Gasteiger partial charge in [0.2, 0.25) is 11.8 Å². The van der Waals surface area contributed by atoms with Gasteiger partial charge in [-0.25, -0.2) is 14.4 Å². The van der Waals surface area contributed by atoms with Gasteiger partial charge in [-0.05, 0) is 68.1 Å². The molecule has 0 spiro atoms. The molecule has 8 heteroatoms. The zero-order valence-corrected chi connectivity index (χ0v) is 18.5. The van der Waals surface area contributed by atoms with Crippen LogP contribution in [0, 0.1) is 37.4 Å². The number of rotatable bonds is 7. The Bertz CT molecular complexity index is 1060. The number of hydrogen-bond acceptors (Lipinski definition) is 7. The topological polar surface area (TPSA) is 77.2 Å². The fraction of sp³-hybridized carbons (Fsp3) is 0.500. The Hall–Kier alpha value is -3.03. The van der Waals surface area contributed by atoms with Gasteiger partial charge in [0.05, 0.1) is 6.61 Å². The molecule has 0 bridgehead atoms.